The Morgan fingerprint density at radius 2 is 1.91 bits per heavy atom. The molecule has 1 aromatic heterocycles. The third-order valence-corrected chi connectivity index (χ3v) is 5.17. The summed E-state index contributed by atoms with van der Waals surface area (Å²) in [7, 11) is 0. The number of aliphatic hydroxyl groups is 2. The third-order valence-electron chi connectivity index (χ3n) is 3.65. The maximum atomic E-state index is 13.2. The summed E-state index contributed by atoms with van der Waals surface area (Å²) in [5, 5.41) is 22.6. The highest BCUT2D eigenvalue weighted by atomic mass is 32.2. The van der Waals surface area contributed by atoms with Crippen molar-refractivity contribution in [3.63, 3.8) is 0 Å². The second-order valence-corrected chi connectivity index (χ2v) is 6.69. The number of halogens is 1. The number of aromatic nitrogens is 1. The van der Waals surface area contributed by atoms with Gasteiger partial charge >= 0.3 is 0 Å². The minimum absolute atomic E-state index is 0.0812. The van der Waals surface area contributed by atoms with Crippen molar-refractivity contribution in [2.45, 2.75) is 56.0 Å². The van der Waals surface area contributed by atoms with E-state index in [1.54, 1.807) is 19.1 Å². The monoisotopic (exact) mass is 339 g/mol. The molecule has 0 aliphatic rings. The highest BCUT2D eigenvalue weighted by molar-refractivity contribution is 7.99. The molecule has 0 saturated carbocycles. The SMILES string of the molecule is CCCCCC(Sc1c(C(O)O)noc1C)c1ccc(F)cc1. The second kappa shape index (κ2) is 8.47. The highest BCUT2D eigenvalue weighted by Crippen LogP contribution is 2.42. The van der Waals surface area contributed by atoms with Gasteiger partial charge in [0.25, 0.3) is 0 Å². The molecule has 0 bridgehead atoms. The van der Waals surface area contributed by atoms with Crippen LogP contribution in [0.2, 0.25) is 0 Å². The average Bonchev–Trinajstić information content (AvgIpc) is 2.88. The Morgan fingerprint density at radius 1 is 1.22 bits per heavy atom. The summed E-state index contributed by atoms with van der Waals surface area (Å²) in [6, 6.07) is 6.45. The first-order valence-corrected chi connectivity index (χ1v) is 8.65. The third kappa shape index (κ3) is 4.80. The first-order valence-electron chi connectivity index (χ1n) is 7.77. The molecule has 0 amide bonds. The van der Waals surface area contributed by atoms with E-state index < -0.39 is 6.29 Å². The van der Waals surface area contributed by atoms with Crippen molar-refractivity contribution in [1.82, 2.24) is 5.16 Å². The maximum absolute atomic E-state index is 13.2. The van der Waals surface area contributed by atoms with Crippen molar-refractivity contribution in [3.05, 3.63) is 47.1 Å². The van der Waals surface area contributed by atoms with Crippen LogP contribution in [0.3, 0.4) is 0 Å². The molecule has 2 aromatic rings. The van der Waals surface area contributed by atoms with Gasteiger partial charge in [0.2, 0.25) is 6.29 Å². The summed E-state index contributed by atoms with van der Waals surface area (Å²) in [5.41, 5.74) is 1.14. The molecule has 0 fully saturated rings. The Balaban J connectivity index is 2.23. The zero-order valence-electron chi connectivity index (χ0n) is 13.3. The molecule has 0 spiro atoms. The van der Waals surface area contributed by atoms with Crippen LogP contribution >= 0.6 is 11.8 Å². The van der Waals surface area contributed by atoms with Gasteiger partial charge in [-0.3, -0.25) is 0 Å². The van der Waals surface area contributed by atoms with Crippen LogP contribution in [0.4, 0.5) is 4.39 Å². The number of hydrogen-bond donors (Lipinski definition) is 2. The summed E-state index contributed by atoms with van der Waals surface area (Å²) in [5.74, 6) is 0.291. The number of nitrogens with zero attached hydrogens (tertiary/aromatic N) is 1. The molecule has 1 unspecified atom stereocenters. The molecule has 1 aromatic carbocycles. The van der Waals surface area contributed by atoms with Crippen molar-refractivity contribution in [3.8, 4) is 0 Å². The molecular formula is C17H22FNO3S. The van der Waals surface area contributed by atoms with E-state index in [4.69, 9.17) is 4.52 Å². The van der Waals surface area contributed by atoms with E-state index in [0.29, 0.717) is 10.7 Å². The predicted octanol–water partition coefficient (Wildman–Crippen LogP) is 4.52. The lowest BCUT2D eigenvalue weighted by atomic mass is 10.1. The van der Waals surface area contributed by atoms with Crippen molar-refractivity contribution in [1.29, 1.82) is 0 Å². The second-order valence-electron chi connectivity index (χ2n) is 5.48. The smallest absolute Gasteiger partial charge is 0.200 e. The lowest BCUT2D eigenvalue weighted by Gasteiger charge is -2.17. The predicted molar refractivity (Wildman–Crippen MR) is 87.6 cm³/mol. The lowest BCUT2D eigenvalue weighted by molar-refractivity contribution is -0.0494. The van der Waals surface area contributed by atoms with E-state index in [-0.39, 0.29) is 16.8 Å². The molecule has 1 atom stereocenters. The van der Waals surface area contributed by atoms with Crippen LogP contribution in [0.25, 0.3) is 0 Å². The normalized spacial score (nSPS) is 12.8. The van der Waals surface area contributed by atoms with Crippen molar-refractivity contribution in [2.24, 2.45) is 0 Å². The molecule has 6 heteroatoms. The molecule has 0 aliphatic heterocycles. The van der Waals surface area contributed by atoms with Crippen molar-refractivity contribution < 1.29 is 19.1 Å². The minimum atomic E-state index is -1.67. The molecule has 4 nitrogen and oxygen atoms in total. The Labute approximate surface area is 139 Å². The standard InChI is InChI=1S/C17H22FNO3S/c1-3-4-5-6-14(12-7-9-13(18)10-8-12)23-16-11(2)22-19-15(16)17(20)21/h7-10,14,17,20-21H,3-6H2,1-2H3. The lowest BCUT2D eigenvalue weighted by Crippen LogP contribution is -2.00. The molecule has 2 N–H and O–H groups in total. The van der Waals surface area contributed by atoms with Crippen LogP contribution in [0.15, 0.2) is 33.7 Å². The molecule has 126 valence electrons. The van der Waals surface area contributed by atoms with Crippen LogP contribution < -0.4 is 0 Å². The van der Waals surface area contributed by atoms with Gasteiger partial charge in [-0.05, 0) is 31.0 Å². The summed E-state index contributed by atoms with van der Waals surface area (Å²) >= 11 is 1.49. The topological polar surface area (TPSA) is 66.5 Å². The number of aryl methyl sites for hydroxylation is 1. The number of thioether (sulfide) groups is 1. The minimum Gasteiger partial charge on any atom is -0.363 e. The molecule has 23 heavy (non-hydrogen) atoms. The molecule has 0 aliphatic carbocycles. The maximum Gasteiger partial charge on any atom is 0.200 e. The van der Waals surface area contributed by atoms with Crippen LogP contribution in [-0.2, 0) is 0 Å². The van der Waals surface area contributed by atoms with Crippen LogP contribution in [0, 0.1) is 12.7 Å². The number of unbranched alkanes of at least 4 members (excludes halogenated alkanes) is 2. The number of rotatable bonds is 8. The fraction of sp³-hybridized carbons (Fsp3) is 0.471. The van der Waals surface area contributed by atoms with E-state index in [9.17, 15) is 14.6 Å². The number of benzene rings is 1. The molecule has 2 rings (SSSR count). The van der Waals surface area contributed by atoms with E-state index >= 15 is 0 Å². The van der Waals surface area contributed by atoms with Gasteiger partial charge in [0.1, 0.15) is 11.6 Å². The number of hydrogen-bond acceptors (Lipinski definition) is 5. The zero-order chi connectivity index (χ0) is 16.8. The molecule has 0 saturated heterocycles. The molecule has 1 heterocycles. The van der Waals surface area contributed by atoms with E-state index in [1.807, 2.05) is 0 Å². The van der Waals surface area contributed by atoms with Gasteiger partial charge in [0.15, 0.2) is 5.69 Å². The first kappa shape index (κ1) is 18.0. The van der Waals surface area contributed by atoms with E-state index in [1.165, 1.54) is 23.9 Å². The van der Waals surface area contributed by atoms with Crippen molar-refractivity contribution >= 4 is 11.8 Å². The van der Waals surface area contributed by atoms with Crippen LogP contribution in [-0.4, -0.2) is 15.4 Å². The summed E-state index contributed by atoms with van der Waals surface area (Å²) in [4.78, 5) is 0.644. The first-order chi connectivity index (χ1) is 11.0. The van der Waals surface area contributed by atoms with Crippen molar-refractivity contribution in [2.75, 3.05) is 0 Å². The Morgan fingerprint density at radius 3 is 2.52 bits per heavy atom. The fourth-order valence-electron chi connectivity index (χ4n) is 2.38. The zero-order valence-corrected chi connectivity index (χ0v) is 14.1. The summed E-state index contributed by atoms with van der Waals surface area (Å²) in [6.07, 6.45) is 2.53. The van der Waals surface area contributed by atoms with Gasteiger partial charge in [-0.25, -0.2) is 4.39 Å². The molecule has 0 radical (unpaired) electrons. The molecular weight excluding hydrogens is 317 g/mol. The highest BCUT2D eigenvalue weighted by Gasteiger charge is 2.23. The van der Waals surface area contributed by atoms with Gasteiger partial charge in [0.05, 0.1) is 4.90 Å². The Bertz CT molecular complexity index is 613. The Hall–Kier alpha value is -1.37. The summed E-state index contributed by atoms with van der Waals surface area (Å²) in [6.45, 7) is 3.89. The van der Waals surface area contributed by atoms with Gasteiger partial charge < -0.3 is 14.7 Å². The largest absolute Gasteiger partial charge is 0.363 e. The van der Waals surface area contributed by atoms with Gasteiger partial charge in [-0.2, -0.15) is 0 Å². The quantitative estimate of drug-likeness (QED) is 0.420. The fourth-order valence-corrected chi connectivity index (χ4v) is 3.71. The van der Waals surface area contributed by atoms with Gasteiger partial charge in [-0.15, -0.1) is 11.8 Å². The average molecular weight is 339 g/mol. The van der Waals surface area contributed by atoms with E-state index in [0.717, 1.165) is 31.2 Å². The summed E-state index contributed by atoms with van der Waals surface area (Å²) < 4.78 is 18.3. The van der Waals surface area contributed by atoms with Gasteiger partial charge in [-0.1, -0.05) is 43.5 Å². The van der Waals surface area contributed by atoms with Crippen LogP contribution in [0.5, 0.6) is 0 Å². The van der Waals surface area contributed by atoms with E-state index in [2.05, 4.69) is 12.1 Å². The Kier molecular flexibility index (Phi) is 6.62. The van der Waals surface area contributed by atoms with Crippen LogP contribution in [0.1, 0.15) is 61.2 Å². The van der Waals surface area contributed by atoms with Gasteiger partial charge in [0, 0.05) is 5.25 Å². The number of aliphatic hydroxyl groups excluding tert-OH is 1.